The zero-order chi connectivity index (χ0) is 27.7. The van der Waals surface area contributed by atoms with E-state index in [1.807, 2.05) is 6.08 Å². The molecule has 0 bridgehead atoms. The summed E-state index contributed by atoms with van der Waals surface area (Å²) in [5.41, 5.74) is 2.56. The highest BCUT2D eigenvalue weighted by Crippen LogP contribution is 2.69. The number of fused-ring (bicyclic) bond motifs is 1. The van der Waals surface area contributed by atoms with Crippen molar-refractivity contribution in [2.75, 3.05) is 6.61 Å². The first kappa shape index (κ1) is 29.3. The Bertz CT molecular complexity index is 983. The zero-order valence-electron chi connectivity index (χ0n) is 24.0. The number of allylic oxidation sites excluding steroid dienone is 4. The van der Waals surface area contributed by atoms with E-state index < -0.39 is 23.7 Å². The fraction of sp³-hybridized carbons (Fsp3) is 0.727. The lowest BCUT2D eigenvalue weighted by molar-refractivity contribution is -0.158. The Kier molecular flexibility index (Phi) is 8.81. The van der Waals surface area contributed by atoms with Gasteiger partial charge in [0.2, 0.25) is 0 Å². The van der Waals surface area contributed by atoms with Crippen LogP contribution in [0.25, 0.3) is 0 Å². The third-order valence-electron chi connectivity index (χ3n) is 10.4. The van der Waals surface area contributed by atoms with Crippen LogP contribution in [0.5, 0.6) is 0 Å². The van der Waals surface area contributed by atoms with Crippen molar-refractivity contribution in [2.45, 2.75) is 117 Å². The van der Waals surface area contributed by atoms with Crippen LogP contribution in [0.2, 0.25) is 0 Å². The van der Waals surface area contributed by atoms with E-state index in [1.54, 1.807) is 13.8 Å². The smallest absolute Gasteiger partial charge is 0.314 e. The Balaban J connectivity index is 1.47. The number of carbonyl (C=O) groups is 1. The molecule has 212 valence electrons. The first-order valence-electron chi connectivity index (χ1n) is 14.9. The van der Waals surface area contributed by atoms with Crippen molar-refractivity contribution < 1.29 is 24.9 Å². The maximum Gasteiger partial charge on any atom is 0.314 e. The molecule has 38 heavy (non-hydrogen) atoms. The lowest BCUT2D eigenvalue weighted by Gasteiger charge is -2.45. The quantitative estimate of drug-likeness (QED) is 0.189. The number of carbonyl (C=O) groups excluding carboxylic acids is 1. The first-order chi connectivity index (χ1) is 17.9. The van der Waals surface area contributed by atoms with E-state index in [9.17, 15) is 20.1 Å². The molecule has 0 aromatic carbocycles. The van der Waals surface area contributed by atoms with Gasteiger partial charge in [-0.1, -0.05) is 56.7 Å². The van der Waals surface area contributed by atoms with Crippen molar-refractivity contribution in [1.29, 1.82) is 0 Å². The van der Waals surface area contributed by atoms with Gasteiger partial charge in [0.1, 0.15) is 0 Å². The topological polar surface area (TPSA) is 87.0 Å². The highest BCUT2D eigenvalue weighted by atomic mass is 16.5. The third kappa shape index (κ3) is 5.76. The van der Waals surface area contributed by atoms with Gasteiger partial charge in [-0.2, -0.15) is 0 Å². The Labute approximate surface area is 229 Å². The molecule has 0 heterocycles. The molecule has 0 unspecified atom stereocenters. The minimum atomic E-state index is -0.971. The normalized spacial score (nSPS) is 36.0. The SMILES string of the molecule is C=C1C(=CC=C2CCC[C@]3(C)[C@@H](C4(C=C[C@H](O)C(C)(C)C(=O)OCCCC)CC4)CC[C@@H]23)C[C@@H](O)C[C@@H]1O. The van der Waals surface area contributed by atoms with E-state index in [0.29, 0.717) is 31.3 Å². The molecule has 6 atom stereocenters. The van der Waals surface area contributed by atoms with Crippen molar-refractivity contribution in [3.63, 3.8) is 0 Å². The Hall–Kier alpha value is -1.69. The Morgan fingerprint density at radius 2 is 1.95 bits per heavy atom. The largest absolute Gasteiger partial charge is 0.465 e. The van der Waals surface area contributed by atoms with Gasteiger partial charge in [-0.3, -0.25) is 4.79 Å². The van der Waals surface area contributed by atoms with Crippen LogP contribution in [-0.2, 0) is 9.53 Å². The third-order valence-corrected chi connectivity index (χ3v) is 10.4. The summed E-state index contributed by atoms with van der Waals surface area (Å²) in [5.74, 6) is 0.760. The van der Waals surface area contributed by atoms with Gasteiger partial charge in [0.15, 0.2) is 0 Å². The van der Waals surface area contributed by atoms with Gasteiger partial charge in [-0.25, -0.2) is 0 Å². The summed E-state index contributed by atoms with van der Waals surface area (Å²) in [6.45, 7) is 12.6. The minimum absolute atomic E-state index is 0.111. The lowest BCUT2D eigenvalue weighted by Crippen LogP contribution is -2.38. The number of unbranched alkanes of at least 4 members (excludes halogenated alkanes) is 1. The molecule has 3 N–H and O–H groups in total. The Morgan fingerprint density at radius 1 is 1.21 bits per heavy atom. The predicted octanol–water partition coefficient (Wildman–Crippen LogP) is 6.19. The van der Waals surface area contributed by atoms with Gasteiger partial charge in [-0.05, 0) is 105 Å². The maximum absolute atomic E-state index is 12.6. The van der Waals surface area contributed by atoms with Crippen LogP contribution in [0.15, 0.2) is 47.6 Å². The molecule has 5 nitrogen and oxygen atoms in total. The maximum atomic E-state index is 12.6. The highest BCUT2D eigenvalue weighted by molar-refractivity contribution is 5.77. The number of ether oxygens (including phenoxy) is 1. The van der Waals surface area contributed by atoms with Gasteiger partial charge in [-0.15, -0.1) is 0 Å². The summed E-state index contributed by atoms with van der Waals surface area (Å²) in [5, 5.41) is 31.3. The molecule has 4 fully saturated rings. The van der Waals surface area contributed by atoms with Gasteiger partial charge in [0, 0.05) is 6.42 Å². The van der Waals surface area contributed by atoms with Crippen LogP contribution in [0, 0.1) is 28.1 Å². The molecule has 0 radical (unpaired) electrons. The number of aliphatic hydroxyl groups excluding tert-OH is 3. The van der Waals surface area contributed by atoms with Crippen molar-refractivity contribution in [3.05, 3.63) is 47.6 Å². The molecule has 4 aliphatic carbocycles. The summed E-state index contributed by atoms with van der Waals surface area (Å²) >= 11 is 0. The summed E-state index contributed by atoms with van der Waals surface area (Å²) in [4.78, 5) is 12.6. The second-order valence-electron chi connectivity index (χ2n) is 13.4. The molecule has 0 amide bonds. The average molecular weight is 527 g/mol. The molecule has 0 aromatic heterocycles. The van der Waals surface area contributed by atoms with E-state index in [4.69, 9.17) is 4.74 Å². The van der Waals surface area contributed by atoms with Crippen LogP contribution in [0.4, 0.5) is 0 Å². The van der Waals surface area contributed by atoms with Crippen LogP contribution >= 0.6 is 0 Å². The monoisotopic (exact) mass is 526 g/mol. The zero-order valence-corrected chi connectivity index (χ0v) is 24.0. The molecule has 0 spiro atoms. The molecule has 5 heteroatoms. The summed E-state index contributed by atoms with van der Waals surface area (Å²) < 4.78 is 5.42. The summed E-state index contributed by atoms with van der Waals surface area (Å²) in [6.07, 6.45) is 17.3. The van der Waals surface area contributed by atoms with Gasteiger partial charge >= 0.3 is 5.97 Å². The highest BCUT2D eigenvalue weighted by Gasteiger charge is 2.60. The first-order valence-corrected chi connectivity index (χ1v) is 14.9. The fourth-order valence-corrected chi connectivity index (χ4v) is 7.56. The minimum Gasteiger partial charge on any atom is -0.465 e. The summed E-state index contributed by atoms with van der Waals surface area (Å²) in [6, 6.07) is 0. The summed E-state index contributed by atoms with van der Waals surface area (Å²) in [7, 11) is 0. The second kappa shape index (κ2) is 11.4. The van der Waals surface area contributed by atoms with Gasteiger partial charge < -0.3 is 20.1 Å². The number of hydrogen-bond donors (Lipinski definition) is 3. The molecular formula is C33H50O5. The lowest BCUT2D eigenvalue weighted by atomic mass is 9.60. The van der Waals surface area contributed by atoms with E-state index in [2.05, 4.69) is 38.7 Å². The van der Waals surface area contributed by atoms with Crippen molar-refractivity contribution in [3.8, 4) is 0 Å². The van der Waals surface area contributed by atoms with E-state index in [1.165, 1.54) is 31.3 Å². The van der Waals surface area contributed by atoms with E-state index in [-0.39, 0.29) is 16.8 Å². The van der Waals surface area contributed by atoms with E-state index in [0.717, 1.165) is 43.3 Å². The fourth-order valence-electron chi connectivity index (χ4n) is 7.56. The second-order valence-corrected chi connectivity index (χ2v) is 13.4. The number of rotatable bonds is 9. The van der Waals surface area contributed by atoms with Crippen LogP contribution in [0.1, 0.15) is 98.3 Å². The predicted molar refractivity (Wildman–Crippen MR) is 151 cm³/mol. The number of hydrogen-bond acceptors (Lipinski definition) is 5. The van der Waals surface area contributed by atoms with Crippen LogP contribution < -0.4 is 0 Å². The molecule has 4 rings (SSSR count). The van der Waals surface area contributed by atoms with Gasteiger partial charge in [0.25, 0.3) is 0 Å². The van der Waals surface area contributed by atoms with Crippen molar-refractivity contribution in [2.24, 2.45) is 28.1 Å². The Morgan fingerprint density at radius 3 is 2.63 bits per heavy atom. The number of aliphatic hydroxyl groups is 3. The molecular weight excluding hydrogens is 476 g/mol. The molecule has 0 saturated heterocycles. The van der Waals surface area contributed by atoms with E-state index >= 15 is 0 Å². The van der Waals surface area contributed by atoms with Crippen LogP contribution in [-0.4, -0.2) is 46.2 Å². The van der Waals surface area contributed by atoms with Crippen molar-refractivity contribution in [1.82, 2.24) is 0 Å². The molecule has 4 saturated carbocycles. The van der Waals surface area contributed by atoms with Crippen molar-refractivity contribution >= 4 is 5.97 Å². The van der Waals surface area contributed by atoms with Gasteiger partial charge in [0.05, 0.1) is 30.3 Å². The number of esters is 1. The standard InChI is InChI=1S/C33H50O5/c1-6-7-19-38-30(37)31(3,4)29(36)14-16-33(17-18-33)28-13-12-26-23(9-8-15-32(26,28)5)10-11-24-20-25(34)21-27(35)22(24)2/h10-11,14,16,25-29,34-36H,2,6-9,12-13,15,17-21H2,1,3-5H3/t25-,26+,27+,28+,29+,32+/m1/s1. The van der Waals surface area contributed by atoms with Crippen LogP contribution in [0.3, 0.4) is 0 Å². The molecule has 0 aliphatic heterocycles. The molecule has 4 aliphatic rings. The molecule has 0 aromatic rings. The average Bonchev–Trinajstić information content (AvgIpc) is 3.56.